The van der Waals surface area contributed by atoms with Crippen LogP contribution in [-0.4, -0.2) is 22.5 Å². The topological polar surface area (TPSA) is 80.5 Å². The van der Waals surface area contributed by atoms with Gasteiger partial charge in [0, 0.05) is 36.7 Å². The highest BCUT2D eigenvalue weighted by Crippen LogP contribution is 2.23. The Morgan fingerprint density at radius 2 is 1.91 bits per heavy atom. The monoisotopic (exact) mass is 430 g/mol. The first-order chi connectivity index (χ1) is 15.5. The van der Waals surface area contributed by atoms with E-state index in [1.54, 1.807) is 17.3 Å². The van der Waals surface area contributed by atoms with E-state index in [-0.39, 0.29) is 12.2 Å². The normalized spacial score (nSPS) is 11.4. The van der Waals surface area contributed by atoms with Crippen molar-refractivity contribution in [3.8, 4) is 0 Å². The van der Waals surface area contributed by atoms with Crippen LogP contribution in [0.3, 0.4) is 0 Å². The largest absolute Gasteiger partial charge is 0.441 e. The summed E-state index contributed by atoms with van der Waals surface area (Å²) in [6.45, 7) is 9.09. The van der Waals surface area contributed by atoms with Crippen molar-refractivity contribution in [2.75, 3.05) is 17.6 Å². The van der Waals surface area contributed by atoms with E-state index in [2.05, 4.69) is 16.9 Å². The first-order valence-corrected chi connectivity index (χ1v) is 10.7. The van der Waals surface area contributed by atoms with Crippen molar-refractivity contribution < 1.29 is 9.53 Å². The minimum Gasteiger partial charge on any atom is -0.441 e. The number of rotatable bonds is 9. The van der Waals surface area contributed by atoms with Gasteiger partial charge in [-0.05, 0) is 42.7 Å². The van der Waals surface area contributed by atoms with E-state index < -0.39 is 0 Å². The summed E-state index contributed by atoms with van der Waals surface area (Å²) >= 11 is 0. The average molecular weight is 431 g/mol. The Bertz CT molecular complexity index is 1040. The van der Waals surface area contributed by atoms with Crippen LogP contribution in [0.25, 0.3) is 5.70 Å². The molecule has 0 radical (unpaired) electrons. The molecule has 1 amide bonds. The molecule has 32 heavy (non-hydrogen) atoms. The van der Waals surface area contributed by atoms with Gasteiger partial charge >= 0.3 is 6.09 Å². The van der Waals surface area contributed by atoms with Gasteiger partial charge in [0.1, 0.15) is 6.10 Å². The van der Waals surface area contributed by atoms with Crippen LogP contribution in [0.15, 0.2) is 79.6 Å². The number of para-hydroxylation sites is 2. The third-order valence-corrected chi connectivity index (χ3v) is 5.11. The summed E-state index contributed by atoms with van der Waals surface area (Å²) in [5.74, 6) is 0. The molecule has 166 valence electrons. The Hall–Kier alpha value is -3.80. The molecule has 0 aliphatic rings. The Morgan fingerprint density at radius 3 is 2.56 bits per heavy atom. The number of nitrogens with one attached hydrogen (secondary N) is 1. The fourth-order valence-electron chi connectivity index (χ4n) is 3.29. The summed E-state index contributed by atoms with van der Waals surface area (Å²) in [4.78, 5) is 18.6. The lowest BCUT2D eigenvalue weighted by molar-refractivity contribution is 0.0673. The van der Waals surface area contributed by atoms with Crippen LogP contribution < -0.4 is 11.1 Å². The number of hydrogen-bond donors (Lipinski definition) is 2. The molecule has 3 rings (SSSR count). The van der Waals surface area contributed by atoms with Gasteiger partial charge in [0.05, 0.1) is 11.4 Å². The zero-order chi connectivity index (χ0) is 22.9. The van der Waals surface area contributed by atoms with Crippen LogP contribution in [0.1, 0.15) is 43.1 Å². The highest BCUT2D eigenvalue weighted by atomic mass is 16.6. The average Bonchev–Trinajstić information content (AvgIpc) is 2.81. The Kier molecular flexibility index (Phi) is 7.86. The van der Waals surface area contributed by atoms with Gasteiger partial charge in [-0.1, -0.05) is 56.0 Å². The molecular formula is C26H30N4O2. The zero-order valence-corrected chi connectivity index (χ0v) is 18.6. The Balaban J connectivity index is 1.63. The minimum absolute atomic E-state index is 0.335. The number of hydrogen-bond acceptors (Lipinski definition) is 5. The summed E-state index contributed by atoms with van der Waals surface area (Å²) < 4.78 is 5.67. The summed E-state index contributed by atoms with van der Waals surface area (Å²) in [6.07, 6.45) is 3.55. The number of amides is 1. The summed E-state index contributed by atoms with van der Waals surface area (Å²) in [5.41, 5.74) is 11.1. The molecule has 0 bridgehead atoms. The predicted molar refractivity (Wildman–Crippen MR) is 130 cm³/mol. The van der Waals surface area contributed by atoms with Crippen molar-refractivity contribution in [2.45, 2.75) is 32.9 Å². The van der Waals surface area contributed by atoms with Gasteiger partial charge in [-0.15, -0.1) is 0 Å². The highest BCUT2D eigenvalue weighted by Gasteiger charge is 2.19. The van der Waals surface area contributed by atoms with Crippen LogP contribution in [0, 0.1) is 0 Å². The summed E-state index contributed by atoms with van der Waals surface area (Å²) in [7, 11) is 0. The standard InChI is InChI=1S/C26H30N4O2/c1-4-16-30(26(31)32-20(3)23-8-7-15-28-17-23)18-21-11-13-22(14-12-21)19(2)29-25-10-6-5-9-24(25)27/h5-15,17,20,29H,2,4,16,18,27H2,1,3H3. The molecule has 0 aliphatic carbocycles. The molecule has 1 aromatic heterocycles. The van der Waals surface area contributed by atoms with Crippen molar-refractivity contribution in [3.05, 3.63) is 96.3 Å². The molecule has 2 aromatic carbocycles. The van der Waals surface area contributed by atoms with Gasteiger partial charge in [-0.2, -0.15) is 0 Å². The molecule has 0 aliphatic heterocycles. The van der Waals surface area contributed by atoms with E-state index in [4.69, 9.17) is 10.5 Å². The second-order valence-corrected chi connectivity index (χ2v) is 7.62. The Labute approximate surface area is 189 Å². The van der Waals surface area contributed by atoms with E-state index >= 15 is 0 Å². The molecule has 3 N–H and O–H groups in total. The third kappa shape index (κ3) is 6.11. The van der Waals surface area contributed by atoms with Crippen LogP contribution in [0.4, 0.5) is 16.2 Å². The van der Waals surface area contributed by atoms with Gasteiger partial charge in [0.2, 0.25) is 0 Å². The fourth-order valence-corrected chi connectivity index (χ4v) is 3.29. The molecule has 6 heteroatoms. The number of anilines is 2. The van der Waals surface area contributed by atoms with Crippen molar-refractivity contribution in [3.63, 3.8) is 0 Å². The van der Waals surface area contributed by atoms with Gasteiger partial charge in [0.15, 0.2) is 0 Å². The van der Waals surface area contributed by atoms with Crippen LogP contribution in [0.2, 0.25) is 0 Å². The van der Waals surface area contributed by atoms with Crippen LogP contribution in [0.5, 0.6) is 0 Å². The smallest absolute Gasteiger partial charge is 0.410 e. The van der Waals surface area contributed by atoms with E-state index in [0.717, 1.165) is 34.5 Å². The number of benzene rings is 2. The van der Waals surface area contributed by atoms with Gasteiger partial charge in [-0.25, -0.2) is 4.79 Å². The maximum Gasteiger partial charge on any atom is 0.410 e. The van der Waals surface area contributed by atoms with Crippen molar-refractivity contribution in [1.82, 2.24) is 9.88 Å². The van der Waals surface area contributed by atoms with E-state index in [0.29, 0.717) is 18.8 Å². The number of aromatic nitrogens is 1. The lowest BCUT2D eigenvalue weighted by atomic mass is 10.1. The second-order valence-electron chi connectivity index (χ2n) is 7.62. The fraction of sp³-hybridized carbons (Fsp3) is 0.231. The number of nitrogen functional groups attached to an aromatic ring is 1. The quantitative estimate of drug-likeness (QED) is 0.416. The number of nitrogens with two attached hydrogens (primary N) is 1. The molecule has 3 aromatic rings. The van der Waals surface area contributed by atoms with Gasteiger partial charge in [0.25, 0.3) is 0 Å². The minimum atomic E-state index is -0.363. The van der Waals surface area contributed by atoms with Crippen LogP contribution in [-0.2, 0) is 11.3 Å². The SMILES string of the molecule is C=C(Nc1ccccc1N)c1ccc(CN(CCC)C(=O)OC(C)c2cccnc2)cc1. The number of carbonyl (C=O) groups excluding carboxylic acids is 1. The number of pyridine rings is 1. The number of nitrogens with zero attached hydrogens (tertiary/aromatic N) is 2. The molecule has 6 nitrogen and oxygen atoms in total. The predicted octanol–water partition coefficient (Wildman–Crippen LogP) is 5.86. The molecular weight excluding hydrogens is 400 g/mol. The van der Waals surface area contributed by atoms with E-state index in [9.17, 15) is 4.79 Å². The lowest BCUT2D eigenvalue weighted by Crippen LogP contribution is -2.32. The number of ether oxygens (including phenoxy) is 1. The summed E-state index contributed by atoms with van der Waals surface area (Å²) in [6, 6.07) is 19.3. The van der Waals surface area contributed by atoms with Crippen molar-refractivity contribution in [2.24, 2.45) is 0 Å². The van der Waals surface area contributed by atoms with Gasteiger partial charge in [-0.3, -0.25) is 4.98 Å². The molecule has 1 atom stereocenters. The molecule has 0 fully saturated rings. The van der Waals surface area contributed by atoms with Gasteiger partial charge < -0.3 is 20.7 Å². The maximum absolute atomic E-state index is 12.8. The van der Waals surface area contributed by atoms with E-state index in [1.807, 2.05) is 74.5 Å². The number of carbonyl (C=O) groups is 1. The van der Waals surface area contributed by atoms with Crippen LogP contribution >= 0.6 is 0 Å². The lowest BCUT2D eigenvalue weighted by Gasteiger charge is -2.24. The first kappa shape index (κ1) is 22.9. The molecule has 1 heterocycles. The molecule has 0 saturated heterocycles. The molecule has 0 spiro atoms. The summed E-state index contributed by atoms with van der Waals surface area (Å²) in [5, 5.41) is 3.25. The first-order valence-electron chi connectivity index (χ1n) is 10.7. The Morgan fingerprint density at radius 1 is 1.16 bits per heavy atom. The van der Waals surface area contributed by atoms with Crippen molar-refractivity contribution in [1.29, 1.82) is 0 Å². The zero-order valence-electron chi connectivity index (χ0n) is 18.6. The third-order valence-electron chi connectivity index (χ3n) is 5.11. The van der Waals surface area contributed by atoms with Crippen molar-refractivity contribution >= 4 is 23.2 Å². The molecule has 1 unspecified atom stereocenters. The van der Waals surface area contributed by atoms with E-state index in [1.165, 1.54) is 0 Å². The maximum atomic E-state index is 12.8. The molecule has 0 saturated carbocycles. The highest BCUT2D eigenvalue weighted by molar-refractivity contribution is 5.80. The second kappa shape index (κ2) is 11.0.